The van der Waals surface area contributed by atoms with Crippen molar-refractivity contribution < 1.29 is 14.3 Å². The highest BCUT2D eigenvalue weighted by Gasteiger charge is 2.24. The Hall–Kier alpha value is -1.42. The van der Waals surface area contributed by atoms with Crippen LogP contribution < -0.4 is 0 Å². The number of carbonyl (C=O) groups is 1. The van der Waals surface area contributed by atoms with E-state index in [0.717, 1.165) is 0 Å². The fraction of sp³-hybridized carbons (Fsp3) is 0.417. The van der Waals surface area contributed by atoms with E-state index in [4.69, 9.17) is 0 Å². The van der Waals surface area contributed by atoms with E-state index in [-0.39, 0.29) is 5.82 Å². The summed E-state index contributed by atoms with van der Waals surface area (Å²) in [5, 5.41) is 9.19. The van der Waals surface area contributed by atoms with Crippen LogP contribution in [-0.2, 0) is 4.79 Å². The van der Waals surface area contributed by atoms with Crippen molar-refractivity contribution in [2.45, 2.75) is 19.9 Å². The normalized spacial score (nSPS) is 12.8. The third-order valence-electron chi connectivity index (χ3n) is 2.60. The molecule has 0 saturated carbocycles. The molecule has 1 aromatic carbocycles. The van der Waals surface area contributed by atoms with Crippen molar-refractivity contribution in [3.8, 4) is 0 Å². The lowest BCUT2D eigenvalue weighted by Gasteiger charge is -2.26. The van der Waals surface area contributed by atoms with Gasteiger partial charge in [0, 0.05) is 0 Å². The third-order valence-corrected chi connectivity index (χ3v) is 2.60. The molecule has 0 unspecified atom stereocenters. The number of aliphatic carboxylic acids is 1. The van der Waals surface area contributed by atoms with Crippen LogP contribution in [0.15, 0.2) is 24.3 Å². The largest absolute Gasteiger partial charge is 0.480 e. The summed E-state index contributed by atoms with van der Waals surface area (Å²) < 4.78 is 12.8. The first-order chi connectivity index (χ1) is 7.60. The molecule has 0 saturated heterocycles. The molecule has 0 amide bonds. The molecule has 88 valence electrons. The first-order valence-electron chi connectivity index (χ1n) is 5.32. The molecule has 16 heavy (non-hydrogen) atoms. The zero-order valence-electron chi connectivity index (χ0n) is 9.48. The molecule has 3 nitrogen and oxygen atoms in total. The Kier molecular flexibility index (Phi) is 4.43. The van der Waals surface area contributed by atoms with Gasteiger partial charge in [0.2, 0.25) is 0 Å². The summed E-state index contributed by atoms with van der Waals surface area (Å²) in [6, 6.07) is 4.91. The van der Waals surface area contributed by atoms with E-state index in [1.54, 1.807) is 0 Å². The third kappa shape index (κ3) is 2.79. The highest BCUT2D eigenvalue weighted by molar-refractivity contribution is 5.75. The molecule has 1 aromatic rings. The molecular formula is C12H16FNO2. The molecule has 0 radical (unpaired) electrons. The van der Waals surface area contributed by atoms with Crippen molar-refractivity contribution in [3.63, 3.8) is 0 Å². The molecule has 0 bridgehead atoms. The number of benzene rings is 1. The maximum atomic E-state index is 12.8. The number of hydrogen-bond donors (Lipinski definition) is 1. The van der Waals surface area contributed by atoms with E-state index in [9.17, 15) is 14.3 Å². The maximum absolute atomic E-state index is 12.8. The quantitative estimate of drug-likeness (QED) is 0.835. The van der Waals surface area contributed by atoms with E-state index < -0.39 is 12.0 Å². The van der Waals surface area contributed by atoms with Crippen LogP contribution in [0.2, 0.25) is 0 Å². The Morgan fingerprint density at radius 2 is 1.81 bits per heavy atom. The number of likely N-dealkylation sites (N-methyl/N-ethyl adjacent to an activating group) is 1. The highest BCUT2D eigenvalue weighted by atomic mass is 19.1. The SMILES string of the molecule is CCN(CC)[C@@H](C(=O)O)c1ccc(F)cc1. The average molecular weight is 225 g/mol. The second kappa shape index (κ2) is 5.61. The number of rotatable bonds is 5. The smallest absolute Gasteiger partial charge is 0.325 e. The van der Waals surface area contributed by atoms with Crippen LogP contribution in [0.4, 0.5) is 4.39 Å². The summed E-state index contributed by atoms with van der Waals surface area (Å²) in [7, 11) is 0. The molecular weight excluding hydrogens is 209 g/mol. The fourth-order valence-corrected chi connectivity index (χ4v) is 1.74. The predicted molar refractivity (Wildman–Crippen MR) is 59.7 cm³/mol. The van der Waals surface area contributed by atoms with Gasteiger partial charge in [-0.25, -0.2) is 4.39 Å². The van der Waals surface area contributed by atoms with Gasteiger partial charge in [-0.3, -0.25) is 9.69 Å². The fourth-order valence-electron chi connectivity index (χ4n) is 1.74. The second-order valence-electron chi connectivity index (χ2n) is 3.51. The lowest BCUT2D eigenvalue weighted by molar-refractivity contribution is -0.143. The number of hydrogen-bond acceptors (Lipinski definition) is 2. The van der Waals surface area contributed by atoms with Crippen molar-refractivity contribution in [3.05, 3.63) is 35.6 Å². The van der Waals surface area contributed by atoms with Crippen LogP contribution in [0.3, 0.4) is 0 Å². The van der Waals surface area contributed by atoms with Gasteiger partial charge in [0.05, 0.1) is 0 Å². The van der Waals surface area contributed by atoms with E-state index in [0.29, 0.717) is 18.7 Å². The van der Waals surface area contributed by atoms with E-state index in [1.165, 1.54) is 24.3 Å². The van der Waals surface area contributed by atoms with Crippen molar-refractivity contribution in [2.75, 3.05) is 13.1 Å². The van der Waals surface area contributed by atoms with Crippen LogP contribution in [0, 0.1) is 5.82 Å². The van der Waals surface area contributed by atoms with Gasteiger partial charge in [-0.2, -0.15) is 0 Å². The van der Waals surface area contributed by atoms with Crippen LogP contribution >= 0.6 is 0 Å². The lowest BCUT2D eigenvalue weighted by Crippen LogP contribution is -2.33. The second-order valence-corrected chi connectivity index (χ2v) is 3.51. The number of nitrogens with zero attached hydrogens (tertiary/aromatic N) is 1. The van der Waals surface area contributed by atoms with Gasteiger partial charge in [0.15, 0.2) is 0 Å². The first-order valence-corrected chi connectivity index (χ1v) is 5.32. The molecule has 0 fully saturated rings. The van der Waals surface area contributed by atoms with Gasteiger partial charge in [-0.1, -0.05) is 26.0 Å². The minimum absolute atomic E-state index is 0.354. The minimum Gasteiger partial charge on any atom is -0.480 e. The van der Waals surface area contributed by atoms with Crippen LogP contribution in [-0.4, -0.2) is 29.1 Å². The Morgan fingerprint density at radius 1 is 1.31 bits per heavy atom. The molecule has 0 aliphatic heterocycles. The zero-order valence-corrected chi connectivity index (χ0v) is 9.48. The average Bonchev–Trinajstić information content (AvgIpc) is 2.27. The number of carboxylic acids is 1. The van der Waals surface area contributed by atoms with Gasteiger partial charge in [0.25, 0.3) is 0 Å². The maximum Gasteiger partial charge on any atom is 0.325 e. The van der Waals surface area contributed by atoms with Crippen LogP contribution in [0.1, 0.15) is 25.5 Å². The molecule has 0 aliphatic rings. The molecule has 1 atom stereocenters. The van der Waals surface area contributed by atoms with Crippen molar-refractivity contribution in [1.82, 2.24) is 4.90 Å². The van der Waals surface area contributed by atoms with Crippen molar-refractivity contribution in [1.29, 1.82) is 0 Å². The first kappa shape index (κ1) is 12.6. The molecule has 0 aromatic heterocycles. The van der Waals surface area contributed by atoms with Crippen LogP contribution in [0.25, 0.3) is 0 Å². The Balaban J connectivity index is 3.02. The summed E-state index contributed by atoms with van der Waals surface area (Å²) in [5.74, 6) is -1.26. The summed E-state index contributed by atoms with van der Waals surface area (Å²) in [6.07, 6.45) is 0. The topological polar surface area (TPSA) is 40.5 Å². The molecule has 4 heteroatoms. The van der Waals surface area contributed by atoms with E-state index in [1.807, 2.05) is 18.7 Å². The summed E-state index contributed by atoms with van der Waals surface area (Å²) in [4.78, 5) is 13.0. The summed E-state index contributed by atoms with van der Waals surface area (Å²) >= 11 is 0. The minimum atomic E-state index is -0.907. The number of carboxylic acid groups (broad SMARTS) is 1. The Labute approximate surface area is 94.5 Å². The monoisotopic (exact) mass is 225 g/mol. The standard InChI is InChI=1S/C12H16FNO2/c1-3-14(4-2)11(12(15)16)9-5-7-10(13)8-6-9/h5-8,11H,3-4H2,1-2H3,(H,15,16)/t11-/m1/s1. The van der Waals surface area contributed by atoms with Gasteiger partial charge >= 0.3 is 5.97 Å². The Bertz CT molecular complexity index is 347. The molecule has 0 heterocycles. The highest BCUT2D eigenvalue weighted by Crippen LogP contribution is 2.20. The van der Waals surface area contributed by atoms with E-state index >= 15 is 0 Å². The number of halogens is 1. The van der Waals surface area contributed by atoms with Gasteiger partial charge in [-0.15, -0.1) is 0 Å². The molecule has 0 aliphatic carbocycles. The predicted octanol–water partition coefficient (Wildman–Crippen LogP) is 2.29. The van der Waals surface area contributed by atoms with Gasteiger partial charge in [-0.05, 0) is 30.8 Å². The zero-order chi connectivity index (χ0) is 12.1. The lowest BCUT2D eigenvalue weighted by atomic mass is 10.1. The molecule has 1 rings (SSSR count). The van der Waals surface area contributed by atoms with Gasteiger partial charge < -0.3 is 5.11 Å². The van der Waals surface area contributed by atoms with Crippen molar-refractivity contribution >= 4 is 5.97 Å². The van der Waals surface area contributed by atoms with Crippen LogP contribution in [0.5, 0.6) is 0 Å². The van der Waals surface area contributed by atoms with Gasteiger partial charge in [0.1, 0.15) is 11.9 Å². The Morgan fingerprint density at radius 3 is 2.19 bits per heavy atom. The van der Waals surface area contributed by atoms with Crippen molar-refractivity contribution in [2.24, 2.45) is 0 Å². The summed E-state index contributed by atoms with van der Waals surface area (Å²) in [6.45, 7) is 5.10. The molecule has 1 N–H and O–H groups in total. The summed E-state index contributed by atoms with van der Waals surface area (Å²) in [5.41, 5.74) is 0.609. The molecule has 0 spiro atoms. The van der Waals surface area contributed by atoms with E-state index in [2.05, 4.69) is 0 Å².